The van der Waals surface area contributed by atoms with E-state index in [1.54, 1.807) is 12.3 Å². The lowest BCUT2D eigenvalue weighted by atomic mass is 10.0. The highest BCUT2D eigenvalue weighted by Gasteiger charge is 2.06. The van der Waals surface area contributed by atoms with Gasteiger partial charge in [0.1, 0.15) is 5.76 Å². The molecule has 0 spiro atoms. The fourth-order valence-corrected chi connectivity index (χ4v) is 3.13. The van der Waals surface area contributed by atoms with Crippen LogP contribution in [0.15, 0.2) is 22.8 Å². The van der Waals surface area contributed by atoms with E-state index in [2.05, 4.69) is 6.07 Å². The van der Waals surface area contributed by atoms with Crippen LogP contribution in [0.25, 0.3) is 5.57 Å². The molecule has 22 heavy (non-hydrogen) atoms. The van der Waals surface area contributed by atoms with E-state index in [1.165, 1.54) is 57.8 Å². The number of allylic oxidation sites excluding steroid dienone is 2. The summed E-state index contributed by atoms with van der Waals surface area (Å²) in [5, 5.41) is 0. The molecular weight excluding hydrogens is 272 g/mol. The normalized spacial score (nSPS) is 22.4. The van der Waals surface area contributed by atoms with E-state index in [1.807, 2.05) is 6.92 Å². The molecule has 0 saturated heterocycles. The standard InChI is InChI=1S/C20H30O2/c1-17-14-19(21)12-10-8-6-4-2-3-5-7-9-11-13-20-15-18(17)16-22-20/h14-16H,2-13H2,1H3/b17-14+. The van der Waals surface area contributed by atoms with Gasteiger partial charge in [0.15, 0.2) is 5.78 Å². The third kappa shape index (κ3) is 6.21. The number of ketones is 1. The number of hydrogen-bond donors (Lipinski definition) is 0. The third-order valence-corrected chi connectivity index (χ3v) is 4.58. The molecule has 0 radical (unpaired) electrons. The van der Waals surface area contributed by atoms with Crippen molar-refractivity contribution in [3.63, 3.8) is 0 Å². The first-order chi connectivity index (χ1) is 10.8. The van der Waals surface area contributed by atoms with Crippen LogP contribution in [0.1, 0.15) is 88.9 Å². The lowest BCUT2D eigenvalue weighted by molar-refractivity contribution is -0.114. The average molecular weight is 302 g/mol. The van der Waals surface area contributed by atoms with Crippen LogP contribution in [0.5, 0.6) is 0 Å². The van der Waals surface area contributed by atoms with Gasteiger partial charge in [0.05, 0.1) is 6.26 Å². The Labute approximate surface area is 135 Å². The van der Waals surface area contributed by atoms with Gasteiger partial charge in [-0.05, 0) is 37.5 Å². The van der Waals surface area contributed by atoms with E-state index in [9.17, 15) is 4.79 Å². The summed E-state index contributed by atoms with van der Waals surface area (Å²) in [4.78, 5) is 12.0. The molecule has 0 unspecified atom stereocenters. The fraction of sp³-hybridized carbons (Fsp3) is 0.650. The van der Waals surface area contributed by atoms with E-state index in [0.717, 1.165) is 29.7 Å². The number of aryl methyl sites for hydroxylation is 1. The Kier molecular flexibility index (Phi) is 7.48. The molecule has 1 aromatic heterocycles. The van der Waals surface area contributed by atoms with Crippen LogP contribution in [0.2, 0.25) is 0 Å². The van der Waals surface area contributed by atoms with Gasteiger partial charge < -0.3 is 4.42 Å². The SMILES string of the molecule is C/C1=C\C(=O)CCCCCCCCCCCCc2cc1co2. The summed E-state index contributed by atoms with van der Waals surface area (Å²) in [6.07, 6.45) is 18.0. The summed E-state index contributed by atoms with van der Waals surface area (Å²) < 4.78 is 5.63. The lowest BCUT2D eigenvalue weighted by Crippen LogP contribution is -1.94. The van der Waals surface area contributed by atoms with Gasteiger partial charge in [0.25, 0.3) is 0 Å². The van der Waals surface area contributed by atoms with Crippen molar-refractivity contribution < 1.29 is 9.21 Å². The molecule has 122 valence electrons. The lowest BCUT2D eigenvalue weighted by Gasteiger charge is -2.03. The number of carbonyl (C=O) groups is 1. The summed E-state index contributed by atoms with van der Waals surface area (Å²) in [6, 6.07) is 2.10. The van der Waals surface area contributed by atoms with Gasteiger partial charge in [-0.3, -0.25) is 4.79 Å². The predicted molar refractivity (Wildman–Crippen MR) is 91.9 cm³/mol. The summed E-state index contributed by atoms with van der Waals surface area (Å²) in [6.45, 7) is 2.00. The molecule has 1 aliphatic rings. The van der Waals surface area contributed by atoms with E-state index in [0.29, 0.717) is 6.42 Å². The van der Waals surface area contributed by atoms with Crippen molar-refractivity contribution >= 4 is 11.4 Å². The highest BCUT2D eigenvalue weighted by Crippen LogP contribution is 2.20. The zero-order valence-electron chi connectivity index (χ0n) is 14.0. The van der Waals surface area contributed by atoms with Crippen LogP contribution in [0.4, 0.5) is 0 Å². The molecule has 1 heterocycles. The molecule has 0 amide bonds. The zero-order valence-corrected chi connectivity index (χ0v) is 14.0. The van der Waals surface area contributed by atoms with E-state index in [4.69, 9.17) is 4.42 Å². The molecule has 1 aliphatic carbocycles. The van der Waals surface area contributed by atoms with Crippen molar-refractivity contribution in [2.24, 2.45) is 0 Å². The van der Waals surface area contributed by atoms with E-state index in [-0.39, 0.29) is 5.78 Å². The monoisotopic (exact) mass is 302 g/mol. The van der Waals surface area contributed by atoms with Gasteiger partial charge in [-0.15, -0.1) is 0 Å². The van der Waals surface area contributed by atoms with Gasteiger partial charge in [0.2, 0.25) is 0 Å². The Hall–Kier alpha value is -1.31. The van der Waals surface area contributed by atoms with Crippen LogP contribution in [-0.4, -0.2) is 5.78 Å². The second-order valence-electron chi connectivity index (χ2n) is 6.63. The minimum atomic E-state index is 0.251. The van der Waals surface area contributed by atoms with Crippen molar-refractivity contribution in [3.8, 4) is 0 Å². The summed E-state index contributed by atoms with van der Waals surface area (Å²) in [5.74, 6) is 1.30. The molecule has 2 heteroatoms. The van der Waals surface area contributed by atoms with Crippen LogP contribution >= 0.6 is 0 Å². The van der Waals surface area contributed by atoms with Gasteiger partial charge in [0, 0.05) is 18.4 Å². The van der Waals surface area contributed by atoms with Gasteiger partial charge in [-0.2, -0.15) is 0 Å². The molecule has 0 aromatic carbocycles. The maximum atomic E-state index is 12.0. The molecule has 0 atom stereocenters. The maximum Gasteiger partial charge on any atom is 0.155 e. The molecule has 1 aromatic rings. The Balaban J connectivity index is 1.94. The molecule has 0 fully saturated rings. The number of rotatable bonds is 0. The minimum absolute atomic E-state index is 0.251. The quantitative estimate of drug-likeness (QED) is 0.579. The average Bonchev–Trinajstić information content (AvgIpc) is 2.96. The van der Waals surface area contributed by atoms with Crippen molar-refractivity contribution in [2.45, 2.75) is 84.0 Å². The van der Waals surface area contributed by atoms with Crippen LogP contribution in [0.3, 0.4) is 0 Å². The Bertz CT molecular complexity index is 482. The molecule has 0 aliphatic heterocycles. The number of hydrogen-bond acceptors (Lipinski definition) is 2. The highest BCUT2D eigenvalue weighted by molar-refractivity contribution is 5.96. The Morgan fingerprint density at radius 3 is 2.00 bits per heavy atom. The van der Waals surface area contributed by atoms with Crippen LogP contribution in [-0.2, 0) is 11.2 Å². The third-order valence-electron chi connectivity index (χ3n) is 4.58. The number of furan rings is 1. The zero-order chi connectivity index (χ0) is 15.6. The summed E-state index contributed by atoms with van der Waals surface area (Å²) >= 11 is 0. The van der Waals surface area contributed by atoms with Crippen molar-refractivity contribution in [1.29, 1.82) is 0 Å². The second kappa shape index (κ2) is 9.66. The fourth-order valence-electron chi connectivity index (χ4n) is 3.13. The van der Waals surface area contributed by atoms with Crippen LogP contribution in [0, 0.1) is 0 Å². The van der Waals surface area contributed by atoms with Crippen LogP contribution < -0.4 is 0 Å². The first-order valence-corrected chi connectivity index (χ1v) is 9.04. The highest BCUT2D eigenvalue weighted by atomic mass is 16.3. The topological polar surface area (TPSA) is 30.2 Å². The first-order valence-electron chi connectivity index (χ1n) is 9.04. The molecular formula is C20H30O2. The van der Waals surface area contributed by atoms with Gasteiger partial charge >= 0.3 is 0 Å². The minimum Gasteiger partial charge on any atom is -0.469 e. The van der Waals surface area contributed by atoms with Crippen molar-refractivity contribution in [3.05, 3.63) is 29.7 Å². The second-order valence-corrected chi connectivity index (χ2v) is 6.63. The molecule has 2 rings (SSSR count). The molecule has 2 nitrogen and oxygen atoms in total. The summed E-state index contributed by atoms with van der Waals surface area (Å²) in [7, 11) is 0. The Morgan fingerprint density at radius 2 is 1.36 bits per heavy atom. The van der Waals surface area contributed by atoms with Crippen molar-refractivity contribution in [1.82, 2.24) is 0 Å². The maximum absolute atomic E-state index is 12.0. The molecule has 0 saturated carbocycles. The van der Waals surface area contributed by atoms with E-state index < -0.39 is 0 Å². The van der Waals surface area contributed by atoms with Gasteiger partial charge in [-0.25, -0.2) is 0 Å². The molecule has 2 bridgehead atoms. The van der Waals surface area contributed by atoms with Crippen molar-refractivity contribution in [2.75, 3.05) is 0 Å². The van der Waals surface area contributed by atoms with E-state index >= 15 is 0 Å². The summed E-state index contributed by atoms with van der Waals surface area (Å²) in [5.41, 5.74) is 2.09. The first kappa shape index (κ1) is 17.1. The largest absolute Gasteiger partial charge is 0.469 e. The molecule has 0 N–H and O–H groups in total. The number of carbonyl (C=O) groups excluding carboxylic acids is 1. The Morgan fingerprint density at radius 1 is 0.818 bits per heavy atom. The number of fused-ring (bicyclic) bond motifs is 2. The smallest absolute Gasteiger partial charge is 0.155 e. The van der Waals surface area contributed by atoms with Gasteiger partial charge in [-0.1, -0.05) is 51.4 Å². The predicted octanol–water partition coefficient (Wildman–Crippen LogP) is 6.10.